The van der Waals surface area contributed by atoms with E-state index < -0.39 is 18.2 Å². The van der Waals surface area contributed by atoms with E-state index in [1.165, 1.54) is 43.8 Å². The second-order valence-corrected chi connectivity index (χ2v) is 10.9. The fourth-order valence-corrected chi connectivity index (χ4v) is 4.58. The Bertz CT molecular complexity index is 846. The highest BCUT2D eigenvalue weighted by Gasteiger charge is 2.26. The highest BCUT2D eigenvalue weighted by molar-refractivity contribution is 8.21. The van der Waals surface area contributed by atoms with E-state index in [9.17, 15) is 9.59 Å². The van der Waals surface area contributed by atoms with E-state index in [2.05, 4.69) is 20.4 Å². The summed E-state index contributed by atoms with van der Waals surface area (Å²) in [6.07, 6.45) is 5.64. The van der Waals surface area contributed by atoms with Crippen molar-refractivity contribution < 1.29 is 33.3 Å². The predicted octanol–water partition coefficient (Wildman–Crippen LogP) is 3.94. The number of amides is 1. The van der Waals surface area contributed by atoms with Crippen molar-refractivity contribution >= 4 is 41.2 Å². The molecule has 37 heavy (non-hydrogen) atoms. The van der Waals surface area contributed by atoms with Crippen LogP contribution in [0.25, 0.3) is 0 Å². The van der Waals surface area contributed by atoms with Crippen molar-refractivity contribution in [2.45, 2.75) is 57.8 Å². The standard InChI is InChI=1S/C16H28N4O4.C8H14O3S2/c1-16(2,3)24-15(21)17-11-7-6-8-20(10-11)13-9-12(18-19-13)14(22-4)23-5;1-10-8(11-2)6(9)5-7(12-3)13-4/h9,11,14H,6-8,10H2,1-5H3,(H,17,21)(H,18,19);5,8H,1-4H3/t11-;/m1./s1. The molecule has 0 spiro atoms. The average Bonchev–Trinajstić information content (AvgIpc) is 3.33. The highest BCUT2D eigenvalue weighted by atomic mass is 32.2. The molecule has 1 aliphatic heterocycles. The molecule has 1 atom stereocenters. The van der Waals surface area contributed by atoms with Gasteiger partial charge in [0.25, 0.3) is 0 Å². The summed E-state index contributed by atoms with van der Waals surface area (Å²) in [7, 11) is 6.04. The number of carbonyl (C=O) groups is 2. The van der Waals surface area contributed by atoms with E-state index in [1.54, 1.807) is 14.2 Å². The summed E-state index contributed by atoms with van der Waals surface area (Å²) in [5.41, 5.74) is 0.266. The Hall–Kier alpha value is -1.77. The fourth-order valence-electron chi connectivity index (χ4n) is 3.45. The minimum atomic E-state index is -0.783. The minimum Gasteiger partial charge on any atom is -0.444 e. The van der Waals surface area contributed by atoms with Gasteiger partial charge in [0, 0.05) is 64.0 Å². The lowest BCUT2D eigenvalue weighted by atomic mass is 10.1. The number of ether oxygens (including phenoxy) is 5. The van der Waals surface area contributed by atoms with Gasteiger partial charge in [0.15, 0.2) is 12.1 Å². The zero-order valence-corrected chi connectivity index (χ0v) is 24.9. The molecule has 1 amide bonds. The van der Waals surface area contributed by atoms with Crippen LogP contribution in [0.1, 0.15) is 45.6 Å². The number of hydrogen-bond acceptors (Lipinski definition) is 11. The molecule has 2 heterocycles. The molecule has 1 saturated heterocycles. The Morgan fingerprint density at radius 1 is 1.14 bits per heavy atom. The molecule has 1 fully saturated rings. The summed E-state index contributed by atoms with van der Waals surface area (Å²) in [5.74, 6) is 0.656. The smallest absolute Gasteiger partial charge is 0.407 e. The van der Waals surface area contributed by atoms with E-state index in [0.29, 0.717) is 6.54 Å². The van der Waals surface area contributed by atoms with Crippen LogP contribution in [0.15, 0.2) is 16.4 Å². The number of rotatable bonds is 11. The van der Waals surface area contributed by atoms with Gasteiger partial charge in [-0.1, -0.05) is 0 Å². The Balaban J connectivity index is 0.000000448. The number of aromatic nitrogens is 2. The molecular formula is C24H42N4O7S2. The third-order valence-corrected chi connectivity index (χ3v) is 7.10. The molecule has 0 saturated carbocycles. The van der Waals surface area contributed by atoms with E-state index in [1.807, 2.05) is 39.3 Å². The monoisotopic (exact) mass is 562 g/mol. The molecule has 13 heteroatoms. The van der Waals surface area contributed by atoms with Crippen LogP contribution in [0.4, 0.5) is 10.6 Å². The molecule has 2 rings (SSSR count). The van der Waals surface area contributed by atoms with Gasteiger partial charge in [0.1, 0.15) is 5.60 Å². The van der Waals surface area contributed by atoms with Gasteiger partial charge in [0.2, 0.25) is 12.1 Å². The summed E-state index contributed by atoms with van der Waals surface area (Å²) in [5, 5.41) is 10.2. The van der Waals surface area contributed by atoms with Crippen LogP contribution >= 0.6 is 23.5 Å². The number of methoxy groups -OCH3 is 4. The molecule has 212 valence electrons. The highest BCUT2D eigenvalue weighted by Crippen LogP contribution is 2.24. The molecule has 0 bridgehead atoms. The first-order valence-electron chi connectivity index (χ1n) is 11.8. The summed E-state index contributed by atoms with van der Waals surface area (Å²) < 4.78 is 26.3. The molecule has 0 aliphatic carbocycles. The number of carbonyl (C=O) groups excluding carboxylic acids is 2. The van der Waals surface area contributed by atoms with Crippen molar-refractivity contribution in [2.24, 2.45) is 0 Å². The number of nitrogens with one attached hydrogen (secondary N) is 2. The lowest BCUT2D eigenvalue weighted by Crippen LogP contribution is -2.49. The van der Waals surface area contributed by atoms with Crippen LogP contribution in [0.3, 0.4) is 0 Å². The quantitative estimate of drug-likeness (QED) is 0.301. The Morgan fingerprint density at radius 3 is 2.27 bits per heavy atom. The largest absolute Gasteiger partial charge is 0.444 e. The predicted molar refractivity (Wildman–Crippen MR) is 148 cm³/mol. The average molecular weight is 563 g/mol. The van der Waals surface area contributed by atoms with E-state index >= 15 is 0 Å². The van der Waals surface area contributed by atoms with Gasteiger partial charge < -0.3 is 33.9 Å². The number of piperidine rings is 1. The number of aromatic amines is 1. The maximum absolute atomic E-state index is 11.9. The van der Waals surface area contributed by atoms with Gasteiger partial charge in [-0.3, -0.25) is 9.89 Å². The maximum atomic E-state index is 11.9. The minimum absolute atomic E-state index is 0.0365. The first-order valence-corrected chi connectivity index (χ1v) is 14.2. The van der Waals surface area contributed by atoms with Gasteiger partial charge in [-0.2, -0.15) is 5.10 Å². The van der Waals surface area contributed by atoms with Gasteiger partial charge in [-0.05, 0) is 46.1 Å². The van der Waals surface area contributed by atoms with Crippen molar-refractivity contribution in [3.05, 3.63) is 22.1 Å². The third kappa shape index (κ3) is 12.1. The van der Waals surface area contributed by atoms with Gasteiger partial charge >= 0.3 is 6.09 Å². The van der Waals surface area contributed by atoms with Gasteiger partial charge in [-0.15, -0.1) is 23.5 Å². The van der Waals surface area contributed by atoms with Crippen LogP contribution in [0, 0.1) is 0 Å². The number of alkyl carbamates (subject to hydrolysis) is 1. The van der Waals surface area contributed by atoms with Crippen molar-refractivity contribution in [2.75, 3.05) is 58.9 Å². The fraction of sp³-hybridized carbons (Fsp3) is 0.708. The van der Waals surface area contributed by atoms with Crippen LogP contribution in [-0.2, 0) is 28.5 Å². The van der Waals surface area contributed by atoms with Crippen molar-refractivity contribution in [1.82, 2.24) is 15.5 Å². The number of thioether (sulfide) groups is 2. The molecule has 11 nitrogen and oxygen atoms in total. The van der Waals surface area contributed by atoms with E-state index in [0.717, 1.165) is 35.1 Å². The summed E-state index contributed by atoms with van der Waals surface area (Å²) in [4.78, 5) is 25.4. The Morgan fingerprint density at radius 2 is 1.76 bits per heavy atom. The molecule has 1 aromatic heterocycles. The van der Waals surface area contributed by atoms with Gasteiger partial charge in [-0.25, -0.2) is 4.79 Å². The normalized spacial score (nSPS) is 15.8. The molecule has 0 radical (unpaired) electrons. The summed E-state index contributed by atoms with van der Waals surface area (Å²) in [6.45, 7) is 7.14. The van der Waals surface area contributed by atoms with Crippen LogP contribution in [0.2, 0.25) is 0 Å². The summed E-state index contributed by atoms with van der Waals surface area (Å²) >= 11 is 3.06. The van der Waals surface area contributed by atoms with E-state index in [4.69, 9.17) is 23.7 Å². The SMILES string of the molecule is COC(OC)C(=O)C=C(SC)SC.COC(OC)c1cc(N2CCC[C@@H](NC(=O)OC(C)(C)C)C2)n[nH]1. The number of ketones is 1. The van der Waals surface area contributed by atoms with Crippen molar-refractivity contribution in [1.29, 1.82) is 0 Å². The summed E-state index contributed by atoms with van der Waals surface area (Å²) in [6, 6.07) is 1.95. The lowest BCUT2D eigenvalue weighted by Gasteiger charge is -2.33. The zero-order valence-electron chi connectivity index (χ0n) is 23.3. The molecule has 1 aromatic rings. The van der Waals surface area contributed by atoms with Crippen molar-refractivity contribution in [3.63, 3.8) is 0 Å². The maximum Gasteiger partial charge on any atom is 0.407 e. The number of hydrogen-bond donors (Lipinski definition) is 2. The first kappa shape index (κ1) is 33.3. The molecule has 2 N–H and O–H groups in total. The third-order valence-electron chi connectivity index (χ3n) is 5.06. The molecule has 0 unspecified atom stereocenters. The Kier molecular flexibility index (Phi) is 15.2. The second kappa shape index (κ2) is 16.9. The zero-order chi connectivity index (χ0) is 28.0. The number of anilines is 1. The second-order valence-electron chi connectivity index (χ2n) is 8.99. The molecule has 1 aliphatic rings. The molecule has 0 aromatic carbocycles. The lowest BCUT2D eigenvalue weighted by molar-refractivity contribution is -0.151. The number of nitrogens with zero attached hydrogens (tertiary/aromatic N) is 2. The van der Waals surface area contributed by atoms with Crippen LogP contribution < -0.4 is 10.2 Å². The van der Waals surface area contributed by atoms with Crippen molar-refractivity contribution in [3.8, 4) is 0 Å². The first-order chi connectivity index (χ1) is 17.5. The topological polar surface area (TPSA) is 124 Å². The Labute approximate surface area is 228 Å². The van der Waals surface area contributed by atoms with Crippen LogP contribution in [0.5, 0.6) is 0 Å². The van der Waals surface area contributed by atoms with Gasteiger partial charge in [0.05, 0.1) is 5.69 Å². The van der Waals surface area contributed by atoms with Crippen LogP contribution in [-0.4, -0.2) is 94.0 Å². The van der Waals surface area contributed by atoms with E-state index in [-0.39, 0.29) is 17.9 Å². The number of H-pyrrole nitrogens is 1. The molecular weight excluding hydrogens is 520 g/mol.